The van der Waals surface area contributed by atoms with Crippen molar-refractivity contribution >= 4 is 17.0 Å². The van der Waals surface area contributed by atoms with Crippen LogP contribution >= 0.6 is 0 Å². The monoisotopic (exact) mass is 270 g/mol. The zero-order valence-electron chi connectivity index (χ0n) is 11.1. The fourth-order valence-electron chi connectivity index (χ4n) is 2.26. The summed E-state index contributed by atoms with van der Waals surface area (Å²) in [7, 11) is 1.91. The minimum atomic E-state index is 0.394. The minimum absolute atomic E-state index is 0.394. The van der Waals surface area contributed by atoms with Crippen molar-refractivity contribution in [1.82, 2.24) is 34.3 Å². The Bertz CT molecular complexity index is 782. The summed E-state index contributed by atoms with van der Waals surface area (Å²) < 4.78 is 3.73. The van der Waals surface area contributed by atoms with E-state index in [1.807, 2.05) is 16.3 Å². The van der Waals surface area contributed by atoms with Crippen molar-refractivity contribution in [2.45, 2.75) is 25.3 Å². The molecule has 0 aromatic carbocycles. The van der Waals surface area contributed by atoms with Crippen LogP contribution in [0.25, 0.3) is 11.2 Å². The van der Waals surface area contributed by atoms with Crippen molar-refractivity contribution in [3.8, 4) is 0 Å². The largest absolute Gasteiger partial charge is 0.382 e. The zero-order valence-corrected chi connectivity index (χ0v) is 11.1. The van der Waals surface area contributed by atoms with Crippen LogP contribution < -0.4 is 5.73 Å². The highest BCUT2D eigenvalue weighted by Crippen LogP contribution is 2.38. The third kappa shape index (κ3) is 1.72. The second kappa shape index (κ2) is 3.99. The molecule has 0 aliphatic heterocycles. The van der Waals surface area contributed by atoms with Crippen molar-refractivity contribution in [2.75, 3.05) is 5.73 Å². The maximum Gasteiger partial charge on any atom is 0.165 e. The van der Waals surface area contributed by atoms with Crippen LogP contribution in [0.15, 0.2) is 12.7 Å². The first-order chi connectivity index (χ1) is 9.72. The van der Waals surface area contributed by atoms with Gasteiger partial charge in [0.1, 0.15) is 17.7 Å². The molecule has 0 radical (unpaired) electrons. The van der Waals surface area contributed by atoms with Crippen LogP contribution in [-0.2, 0) is 13.6 Å². The lowest BCUT2D eigenvalue weighted by atomic mass is 10.4. The Morgan fingerprint density at radius 2 is 2.15 bits per heavy atom. The van der Waals surface area contributed by atoms with Crippen molar-refractivity contribution in [3.05, 3.63) is 24.3 Å². The molecule has 8 heteroatoms. The molecule has 4 rings (SSSR count). The van der Waals surface area contributed by atoms with Gasteiger partial charge >= 0.3 is 0 Å². The van der Waals surface area contributed by atoms with Gasteiger partial charge in [-0.2, -0.15) is 5.10 Å². The number of aryl methyl sites for hydroxylation is 1. The van der Waals surface area contributed by atoms with Gasteiger partial charge in [0.15, 0.2) is 17.3 Å². The predicted octanol–water partition coefficient (Wildman–Crippen LogP) is 0.463. The first-order valence-electron chi connectivity index (χ1n) is 6.53. The van der Waals surface area contributed by atoms with Gasteiger partial charge in [-0.1, -0.05) is 0 Å². The fraction of sp³-hybridized carbons (Fsp3) is 0.417. The van der Waals surface area contributed by atoms with Gasteiger partial charge in [0, 0.05) is 13.0 Å². The Hall–Kier alpha value is -2.51. The highest BCUT2D eigenvalue weighted by Gasteiger charge is 2.28. The standard InChI is InChI=1S/C12H14N8/c1-19-8(17-11(18-19)7-2-3-7)4-20-6-16-9-10(13)14-5-15-12(9)20/h5-7H,2-4H2,1H3,(H2,13,14,15). The van der Waals surface area contributed by atoms with Crippen LogP contribution in [0, 0.1) is 0 Å². The van der Waals surface area contributed by atoms with E-state index < -0.39 is 0 Å². The van der Waals surface area contributed by atoms with Crippen LogP contribution in [-0.4, -0.2) is 34.3 Å². The van der Waals surface area contributed by atoms with E-state index in [9.17, 15) is 0 Å². The molecule has 1 fully saturated rings. The minimum Gasteiger partial charge on any atom is -0.382 e. The van der Waals surface area contributed by atoms with E-state index in [1.54, 1.807) is 6.33 Å². The Balaban J connectivity index is 1.72. The zero-order chi connectivity index (χ0) is 13.7. The van der Waals surface area contributed by atoms with E-state index in [0.717, 1.165) is 11.6 Å². The number of nitrogens with two attached hydrogens (primary N) is 1. The van der Waals surface area contributed by atoms with Gasteiger partial charge in [0.25, 0.3) is 0 Å². The Morgan fingerprint density at radius 3 is 2.95 bits per heavy atom. The number of nitrogens with zero attached hydrogens (tertiary/aromatic N) is 7. The number of aromatic nitrogens is 7. The summed E-state index contributed by atoms with van der Waals surface area (Å²) in [4.78, 5) is 17.0. The number of anilines is 1. The molecule has 3 aromatic rings. The van der Waals surface area contributed by atoms with E-state index in [-0.39, 0.29) is 0 Å². The summed E-state index contributed by atoms with van der Waals surface area (Å²) in [5.74, 6) is 2.78. The predicted molar refractivity (Wildman–Crippen MR) is 71.8 cm³/mol. The van der Waals surface area contributed by atoms with E-state index in [0.29, 0.717) is 29.4 Å². The van der Waals surface area contributed by atoms with Crippen LogP contribution in [0.3, 0.4) is 0 Å². The molecule has 0 spiro atoms. The SMILES string of the molecule is Cn1nc(C2CC2)nc1Cn1cnc2c(N)ncnc21. The number of hydrogen-bond acceptors (Lipinski definition) is 6. The molecule has 20 heavy (non-hydrogen) atoms. The molecule has 0 atom stereocenters. The van der Waals surface area contributed by atoms with E-state index in [1.165, 1.54) is 19.2 Å². The van der Waals surface area contributed by atoms with E-state index >= 15 is 0 Å². The third-order valence-corrected chi connectivity index (χ3v) is 3.55. The van der Waals surface area contributed by atoms with Gasteiger partial charge in [0.05, 0.1) is 12.9 Å². The Labute approximate surface area is 114 Å². The van der Waals surface area contributed by atoms with Crippen LogP contribution in [0.1, 0.15) is 30.4 Å². The normalized spacial score (nSPS) is 15.1. The highest BCUT2D eigenvalue weighted by atomic mass is 15.3. The summed E-state index contributed by atoms with van der Waals surface area (Å²) in [6.45, 7) is 0.573. The lowest BCUT2D eigenvalue weighted by Gasteiger charge is -2.02. The number of imidazole rings is 1. The molecule has 3 heterocycles. The molecular formula is C12H14N8. The number of hydrogen-bond donors (Lipinski definition) is 1. The lowest BCUT2D eigenvalue weighted by Crippen LogP contribution is -2.06. The average molecular weight is 270 g/mol. The van der Waals surface area contributed by atoms with Crippen molar-refractivity contribution in [1.29, 1.82) is 0 Å². The van der Waals surface area contributed by atoms with Gasteiger partial charge in [-0.05, 0) is 12.8 Å². The van der Waals surface area contributed by atoms with E-state index in [4.69, 9.17) is 5.73 Å². The van der Waals surface area contributed by atoms with Gasteiger partial charge in [-0.25, -0.2) is 19.9 Å². The molecule has 1 aliphatic rings. The summed E-state index contributed by atoms with van der Waals surface area (Å²) in [6.07, 6.45) is 5.55. The summed E-state index contributed by atoms with van der Waals surface area (Å²) in [6, 6.07) is 0. The van der Waals surface area contributed by atoms with Crippen LogP contribution in [0.4, 0.5) is 5.82 Å². The molecule has 8 nitrogen and oxygen atoms in total. The highest BCUT2D eigenvalue weighted by molar-refractivity contribution is 5.81. The third-order valence-electron chi connectivity index (χ3n) is 3.55. The topological polar surface area (TPSA) is 100 Å². The van der Waals surface area contributed by atoms with Crippen molar-refractivity contribution in [3.63, 3.8) is 0 Å². The molecule has 0 saturated heterocycles. The van der Waals surface area contributed by atoms with Gasteiger partial charge < -0.3 is 10.3 Å². The average Bonchev–Trinajstić information content (AvgIpc) is 3.11. The van der Waals surface area contributed by atoms with Gasteiger partial charge in [0.2, 0.25) is 0 Å². The van der Waals surface area contributed by atoms with Gasteiger partial charge in [-0.15, -0.1) is 0 Å². The maximum absolute atomic E-state index is 5.78. The van der Waals surface area contributed by atoms with Gasteiger partial charge in [-0.3, -0.25) is 4.68 Å². The van der Waals surface area contributed by atoms with E-state index in [2.05, 4.69) is 25.0 Å². The summed E-state index contributed by atoms with van der Waals surface area (Å²) >= 11 is 0. The van der Waals surface area contributed by atoms with Crippen molar-refractivity contribution < 1.29 is 0 Å². The molecule has 1 saturated carbocycles. The summed E-state index contributed by atoms with van der Waals surface area (Å²) in [5, 5.41) is 4.47. The molecule has 2 N–H and O–H groups in total. The number of rotatable bonds is 3. The maximum atomic E-state index is 5.78. The molecular weight excluding hydrogens is 256 g/mol. The van der Waals surface area contributed by atoms with Crippen molar-refractivity contribution in [2.24, 2.45) is 7.05 Å². The first kappa shape index (κ1) is 11.3. The fourth-order valence-corrected chi connectivity index (χ4v) is 2.26. The quantitative estimate of drug-likeness (QED) is 0.742. The smallest absolute Gasteiger partial charge is 0.165 e. The molecule has 0 unspecified atom stereocenters. The second-order valence-electron chi connectivity index (χ2n) is 5.09. The number of fused-ring (bicyclic) bond motifs is 1. The second-order valence-corrected chi connectivity index (χ2v) is 5.09. The molecule has 0 bridgehead atoms. The summed E-state index contributed by atoms with van der Waals surface area (Å²) in [5.41, 5.74) is 7.12. The van der Waals surface area contributed by atoms with Crippen LogP contribution in [0.5, 0.6) is 0 Å². The van der Waals surface area contributed by atoms with Crippen LogP contribution in [0.2, 0.25) is 0 Å². The number of nitrogen functional groups attached to an aromatic ring is 1. The molecule has 0 amide bonds. The lowest BCUT2D eigenvalue weighted by molar-refractivity contribution is 0.656. The molecule has 102 valence electrons. The first-order valence-corrected chi connectivity index (χ1v) is 6.53. The molecule has 3 aromatic heterocycles. The Morgan fingerprint density at radius 1 is 1.30 bits per heavy atom. The Kier molecular flexibility index (Phi) is 2.26. The molecule has 1 aliphatic carbocycles.